The van der Waals surface area contributed by atoms with Gasteiger partial charge < -0.3 is 9.84 Å². The number of hydrogen-bond acceptors (Lipinski definition) is 3. The first-order valence-electron chi connectivity index (χ1n) is 5.36. The Hall–Kier alpha value is -0.520. The van der Waals surface area contributed by atoms with Crippen LogP contribution < -0.4 is 0 Å². The third kappa shape index (κ3) is 5.57. The first-order valence-corrected chi connectivity index (χ1v) is 7.14. The average molecular weight is 319 g/mol. The number of rotatable bonds is 7. The van der Waals surface area contributed by atoms with Crippen LogP contribution in [0, 0.1) is 0 Å². The van der Waals surface area contributed by atoms with Gasteiger partial charge in [0.1, 0.15) is 0 Å². The van der Waals surface area contributed by atoms with Crippen LogP contribution in [0.1, 0.15) is 13.3 Å². The summed E-state index contributed by atoms with van der Waals surface area (Å²) in [4.78, 5) is 12.0. The lowest BCUT2D eigenvalue weighted by molar-refractivity contribution is -0.150. The molecule has 1 N–H and O–H groups in total. The van der Waals surface area contributed by atoms with Crippen LogP contribution in [0.2, 0.25) is 0 Å². The number of carboxylic acid groups (broad SMARTS) is 1. The standard InChI is InChI=1S/C12H15BrO3S/c1-2-16-11(12(14)15)6-7-17-10-5-3-4-9(13)8-10/h3-5,8,11H,2,6-7H2,1H3,(H,14,15). The van der Waals surface area contributed by atoms with Crippen LogP contribution in [0.5, 0.6) is 0 Å². The number of carboxylic acids is 1. The van der Waals surface area contributed by atoms with Crippen LogP contribution >= 0.6 is 27.7 Å². The van der Waals surface area contributed by atoms with Crippen LogP contribution in [0.25, 0.3) is 0 Å². The highest BCUT2D eigenvalue weighted by Crippen LogP contribution is 2.23. The monoisotopic (exact) mass is 318 g/mol. The van der Waals surface area contributed by atoms with Crippen LogP contribution in [0.15, 0.2) is 33.6 Å². The quantitative estimate of drug-likeness (QED) is 0.782. The van der Waals surface area contributed by atoms with Crippen molar-refractivity contribution in [3.05, 3.63) is 28.7 Å². The molecule has 0 saturated heterocycles. The Bertz CT molecular complexity index is 371. The normalized spacial score (nSPS) is 12.4. The minimum absolute atomic E-state index is 0.429. The molecular weight excluding hydrogens is 304 g/mol. The van der Waals surface area contributed by atoms with Crippen molar-refractivity contribution in [2.45, 2.75) is 24.3 Å². The fourth-order valence-electron chi connectivity index (χ4n) is 1.32. The van der Waals surface area contributed by atoms with Gasteiger partial charge in [0.2, 0.25) is 0 Å². The Labute approximate surface area is 114 Å². The predicted octanol–water partition coefficient (Wildman–Crippen LogP) is 3.42. The Morgan fingerprint density at radius 2 is 2.35 bits per heavy atom. The molecule has 17 heavy (non-hydrogen) atoms. The maximum absolute atomic E-state index is 10.8. The van der Waals surface area contributed by atoms with E-state index in [2.05, 4.69) is 15.9 Å². The number of carbonyl (C=O) groups is 1. The summed E-state index contributed by atoms with van der Waals surface area (Å²) >= 11 is 5.03. The second-order valence-corrected chi connectivity index (χ2v) is 5.46. The average Bonchev–Trinajstić information content (AvgIpc) is 2.28. The van der Waals surface area contributed by atoms with E-state index in [1.807, 2.05) is 24.3 Å². The fourth-order valence-corrected chi connectivity index (χ4v) is 2.82. The maximum Gasteiger partial charge on any atom is 0.332 e. The van der Waals surface area contributed by atoms with Crippen LogP contribution in [-0.4, -0.2) is 29.5 Å². The summed E-state index contributed by atoms with van der Waals surface area (Å²) in [5.74, 6) is -0.158. The molecule has 0 radical (unpaired) electrons. The lowest BCUT2D eigenvalue weighted by Crippen LogP contribution is -2.24. The molecule has 0 aliphatic heterocycles. The smallest absolute Gasteiger partial charge is 0.332 e. The van der Waals surface area contributed by atoms with E-state index < -0.39 is 12.1 Å². The van der Waals surface area contributed by atoms with Crippen LogP contribution in [0.3, 0.4) is 0 Å². The van der Waals surface area contributed by atoms with Gasteiger partial charge in [-0.25, -0.2) is 4.79 Å². The summed E-state index contributed by atoms with van der Waals surface area (Å²) in [6.45, 7) is 2.23. The molecule has 3 nitrogen and oxygen atoms in total. The topological polar surface area (TPSA) is 46.5 Å². The minimum atomic E-state index is -0.887. The first-order chi connectivity index (χ1) is 8.13. The third-order valence-corrected chi connectivity index (χ3v) is 3.61. The Kier molecular flexibility index (Phi) is 6.62. The number of thioether (sulfide) groups is 1. The van der Waals surface area contributed by atoms with Crippen molar-refractivity contribution >= 4 is 33.7 Å². The SMILES string of the molecule is CCOC(CCSc1cccc(Br)c1)C(=O)O. The van der Waals surface area contributed by atoms with E-state index in [0.29, 0.717) is 13.0 Å². The number of hydrogen-bond donors (Lipinski definition) is 1. The Morgan fingerprint density at radius 3 is 2.94 bits per heavy atom. The van der Waals surface area contributed by atoms with Crippen molar-refractivity contribution in [1.82, 2.24) is 0 Å². The highest BCUT2D eigenvalue weighted by atomic mass is 79.9. The molecule has 0 aromatic heterocycles. The molecule has 94 valence electrons. The predicted molar refractivity (Wildman–Crippen MR) is 72.5 cm³/mol. The second-order valence-electron chi connectivity index (χ2n) is 3.38. The second kappa shape index (κ2) is 7.74. The molecule has 0 aliphatic carbocycles. The molecule has 1 rings (SSSR count). The zero-order valence-corrected chi connectivity index (χ0v) is 12.0. The molecule has 0 spiro atoms. The number of ether oxygens (including phenoxy) is 1. The lowest BCUT2D eigenvalue weighted by atomic mass is 10.3. The van der Waals surface area contributed by atoms with Crippen molar-refractivity contribution in [2.24, 2.45) is 0 Å². The molecule has 5 heteroatoms. The molecule has 1 unspecified atom stereocenters. The third-order valence-electron chi connectivity index (χ3n) is 2.09. The van der Waals surface area contributed by atoms with Gasteiger partial charge in [-0.2, -0.15) is 0 Å². The van der Waals surface area contributed by atoms with E-state index in [1.165, 1.54) is 0 Å². The van der Waals surface area contributed by atoms with Gasteiger partial charge >= 0.3 is 5.97 Å². The van der Waals surface area contributed by atoms with Gasteiger partial charge in [0, 0.05) is 21.7 Å². The number of halogens is 1. The molecule has 0 heterocycles. The van der Waals surface area contributed by atoms with Crippen molar-refractivity contribution in [3.8, 4) is 0 Å². The zero-order valence-electron chi connectivity index (χ0n) is 9.56. The molecule has 0 aliphatic rings. The highest BCUT2D eigenvalue weighted by molar-refractivity contribution is 9.10. The fraction of sp³-hybridized carbons (Fsp3) is 0.417. The molecule has 0 amide bonds. The first kappa shape index (κ1) is 14.5. The van der Waals surface area contributed by atoms with Crippen molar-refractivity contribution in [3.63, 3.8) is 0 Å². The van der Waals surface area contributed by atoms with E-state index in [-0.39, 0.29) is 0 Å². The van der Waals surface area contributed by atoms with Gasteiger partial charge in [0.05, 0.1) is 0 Å². The van der Waals surface area contributed by atoms with Crippen molar-refractivity contribution < 1.29 is 14.6 Å². The molecule has 1 aromatic carbocycles. The molecule has 0 fully saturated rings. The number of benzene rings is 1. The van der Waals surface area contributed by atoms with E-state index in [0.717, 1.165) is 15.1 Å². The molecule has 1 aromatic rings. The summed E-state index contributed by atoms with van der Waals surface area (Å²) in [6.07, 6.45) is -0.181. The van der Waals surface area contributed by atoms with Crippen LogP contribution in [0.4, 0.5) is 0 Å². The minimum Gasteiger partial charge on any atom is -0.479 e. The van der Waals surface area contributed by atoms with Gasteiger partial charge in [-0.1, -0.05) is 22.0 Å². The summed E-state index contributed by atoms with van der Waals surface area (Å²) in [5.41, 5.74) is 0. The van der Waals surface area contributed by atoms with Gasteiger partial charge in [0.15, 0.2) is 6.10 Å². The Morgan fingerprint density at radius 1 is 1.59 bits per heavy atom. The summed E-state index contributed by atoms with van der Waals surface area (Å²) in [6, 6.07) is 7.95. The maximum atomic E-state index is 10.8. The lowest BCUT2D eigenvalue weighted by Gasteiger charge is -2.11. The molecule has 0 saturated carbocycles. The van der Waals surface area contributed by atoms with Gasteiger partial charge in [0.25, 0.3) is 0 Å². The van der Waals surface area contributed by atoms with E-state index in [4.69, 9.17) is 9.84 Å². The van der Waals surface area contributed by atoms with Gasteiger partial charge in [-0.15, -0.1) is 11.8 Å². The zero-order chi connectivity index (χ0) is 12.7. The molecule has 1 atom stereocenters. The van der Waals surface area contributed by atoms with E-state index >= 15 is 0 Å². The highest BCUT2D eigenvalue weighted by Gasteiger charge is 2.16. The van der Waals surface area contributed by atoms with E-state index in [9.17, 15) is 4.79 Å². The summed E-state index contributed by atoms with van der Waals surface area (Å²) in [5, 5.41) is 8.90. The Balaban J connectivity index is 2.38. The van der Waals surface area contributed by atoms with E-state index in [1.54, 1.807) is 18.7 Å². The number of aliphatic carboxylic acids is 1. The summed E-state index contributed by atoms with van der Waals surface area (Å²) < 4.78 is 6.17. The van der Waals surface area contributed by atoms with Gasteiger partial charge in [-0.05, 0) is 31.5 Å². The molecule has 0 bridgehead atoms. The largest absolute Gasteiger partial charge is 0.479 e. The van der Waals surface area contributed by atoms with Crippen molar-refractivity contribution in [1.29, 1.82) is 0 Å². The summed E-state index contributed by atoms with van der Waals surface area (Å²) in [7, 11) is 0. The van der Waals surface area contributed by atoms with Crippen LogP contribution in [-0.2, 0) is 9.53 Å². The molecular formula is C12H15BrO3S. The van der Waals surface area contributed by atoms with Crippen molar-refractivity contribution in [2.75, 3.05) is 12.4 Å². The van der Waals surface area contributed by atoms with Gasteiger partial charge in [-0.3, -0.25) is 0 Å².